The van der Waals surface area contributed by atoms with Crippen molar-refractivity contribution in [2.45, 2.75) is 11.0 Å². The molecule has 1 aromatic carbocycles. The van der Waals surface area contributed by atoms with Gasteiger partial charge in [-0.2, -0.15) is 0 Å². The molecule has 0 bridgehead atoms. The molecule has 0 aliphatic rings. The number of hydrogen-bond acceptors (Lipinski definition) is 3. The number of rotatable bonds is 4. The Bertz CT molecular complexity index is 312. The van der Waals surface area contributed by atoms with E-state index in [9.17, 15) is 4.79 Å². The summed E-state index contributed by atoms with van der Waals surface area (Å²) in [7, 11) is 0. The molecule has 2 N–H and O–H groups in total. The first-order valence-electron chi connectivity index (χ1n) is 3.89. The molecule has 0 fully saturated rings. The number of aliphatic hydroxyl groups excluding tert-OH is 1. The van der Waals surface area contributed by atoms with E-state index in [0.717, 1.165) is 9.37 Å². The zero-order valence-corrected chi connectivity index (χ0v) is 9.59. The Hall–Kier alpha value is -0.520. The van der Waals surface area contributed by atoms with Crippen molar-refractivity contribution in [3.63, 3.8) is 0 Å². The summed E-state index contributed by atoms with van der Waals surface area (Å²) in [5, 5.41) is 17.4. The van der Waals surface area contributed by atoms with Gasteiger partial charge in [-0.05, 0) is 24.3 Å². The molecule has 0 heterocycles. The van der Waals surface area contributed by atoms with Crippen molar-refractivity contribution >= 4 is 33.7 Å². The van der Waals surface area contributed by atoms with Crippen LogP contribution in [-0.4, -0.2) is 28.0 Å². The number of hydrogen-bond donors (Lipinski definition) is 2. The van der Waals surface area contributed by atoms with Crippen molar-refractivity contribution < 1.29 is 15.0 Å². The molecule has 1 rings (SSSR count). The Labute approximate surface area is 94.3 Å². The van der Waals surface area contributed by atoms with Crippen molar-refractivity contribution in [1.29, 1.82) is 0 Å². The highest BCUT2D eigenvalue weighted by atomic mass is 79.9. The van der Waals surface area contributed by atoms with Gasteiger partial charge in [0, 0.05) is 15.1 Å². The van der Waals surface area contributed by atoms with E-state index in [-0.39, 0.29) is 5.75 Å². The second-order valence-corrected chi connectivity index (χ2v) is 4.63. The Balaban J connectivity index is 2.46. The Morgan fingerprint density at radius 3 is 2.50 bits per heavy atom. The molecule has 0 saturated carbocycles. The SMILES string of the molecule is O=C(O)[C@H](O)CSc1ccc(Br)cc1. The molecule has 0 amide bonds. The quantitative estimate of drug-likeness (QED) is 0.826. The molecule has 0 unspecified atom stereocenters. The third kappa shape index (κ3) is 3.69. The molecule has 0 aliphatic carbocycles. The molecule has 0 aromatic heterocycles. The second kappa shape index (κ2) is 5.38. The first-order chi connectivity index (χ1) is 6.59. The van der Waals surface area contributed by atoms with Crippen LogP contribution in [0.25, 0.3) is 0 Å². The number of halogens is 1. The summed E-state index contributed by atoms with van der Waals surface area (Å²) in [6.45, 7) is 0. The highest BCUT2D eigenvalue weighted by molar-refractivity contribution is 9.10. The fourth-order valence-electron chi connectivity index (χ4n) is 0.777. The summed E-state index contributed by atoms with van der Waals surface area (Å²) in [5.74, 6) is -1.02. The van der Waals surface area contributed by atoms with Crippen LogP contribution in [-0.2, 0) is 4.79 Å². The molecule has 1 aromatic rings. The summed E-state index contributed by atoms with van der Waals surface area (Å²) in [4.78, 5) is 11.2. The van der Waals surface area contributed by atoms with Crippen LogP contribution in [0.2, 0.25) is 0 Å². The normalized spacial score (nSPS) is 12.4. The lowest BCUT2D eigenvalue weighted by Crippen LogP contribution is -2.21. The first kappa shape index (κ1) is 11.6. The summed E-state index contributed by atoms with van der Waals surface area (Å²) >= 11 is 4.61. The Kier molecular flexibility index (Phi) is 4.44. The average molecular weight is 277 g/mol. The largest absolute Gasteiger partial charge is 0.479 e. The fraction of sp³-hybridized carbons (Fsp3) is 0.222. The topological polar surface area (TPSA) is 57.5 Å². The van der Waals surface area contributed by atoms with Crippen molar-refractivity contribution in [2.75, 3.05) is 5.75 Å². The van der Waals surface area contributed by atoms with Crippen molar-refractivity contribution in [2.24, 2.45) is 0 Å². The van der Waals surface area contributed by atoms with Crippen LogP contribution in [0, 0.1) is 0 Å². The van der Waals surface area contributed by atoms with Gasteiger partial charge >= 0.3 is 5.97 Å². The molecule has 0 radical (unpaired) electrons. The van der Waals surface area contributed by atoms with Gasteiger partial charge in [-0.1, -0.05) is 15.9 Å². The van der Waals surface area contributed by atoms with Crippen LogP contribution in [0.15, 0.2) is 33.6 Å². The maximum Gasteiger partial charge on any atom is 0.333 e. The second-order valence-electron chi connectivity index (χ2n) is 2.62. The van der Waals surface area contributed by atoms with Crippen molar-refractivity contribution in [3.05, 3.63) is 28.7 Å². The van der Waals surface area contributed by atoms with E-state index in [0.29, 0.717) is 0 Å². The van der Waals surface area contributed by atoms with Gasteiger partial charge in [-0.15, -0.1) is 11.8 Å². The highest BCUT2D eigenvalue weighted by Gasteiger charge is 2.12. The summed E-state index contributed by atoms with van der Waals surface area (Å²) in [5.41, 5.74) is 0. The maximum atomic E-state index is 10.3. The minimum absolute atomic E-state index is 0.164. The number of thioether (sulfide) groups is 1. The molecular formula is C9H9BrO3S. The molecule has 76 valence electrons. The van der Waals surface area contributed by atoms with E-state index in [1.807, 2.05) is 24.3 Å². The smallest absolute Gasteiger partial charge is 0.333 e. The van der Waals surface area contributed by atoms with E-state index in [1.165, 1.54) is 11.8 Å². The van der Waals surface area contributed by atoms with Crippen LogP contribution in [0.1, 0.15) is 0 Å². The third-order valence-electron chi connectivity index (χ3n) is 1.51. The van der Waals surface area contributed by atoms with Crippen LogP contribution < -0.4 is 0 Å². The number of carboxylic acids is 1. The minimum atomic E-state index is -1.30. The van der Waals surface area contributed by atoms with Gasteiger partial charge in [0.05, 0.1) is 0 Å². The molecule has 1 atom stereocenters. The molecule has 0 spiro atoms. The first-order valence-corrected chi connectivity index (χ1v) is 5.66. The Morgan fingerprint density at radius 1 is 1.43 bits per heavy atom. The van der Waals surface area contributed by atoms with Gasteiger partial charge in [0.1, 0.15) is 0 Å². The summed E-state index contributed by atoms with van der Waals surface area (Å²) in [6.07, 6.45) is -1.30. The third-order valence-corrected chi connectivity index (χ3v) is 3.12. The lowest BCUT2D eigenvalue weighted by Gasteiger charge is -2.04. The minimum Gasteiger partial charge on any atom is -0.479 e. The summed E-state index contributed by atoms with van der Waals surface area (Å²) in [6, 6.07) is 7.47. The van der Waals surface area contributed by atoms with Crippen molar-refractivity contribution in [3.8, 4) is 0 Å². The summed E-state index contributed by atoms with van der Waals surface area (Å²) < 4.78 is 0.973. The van der Waals surface area contributed by atoms with Gasteiger partial charge in [-0.3, -0.25) is 0 Å². The number of aliphatic carboxylic acids is 1. The molecule has 0 saturated heterocycles. The predicted molar refractivity (Wildman–Crippen MR) is 58.5 cm³/mol. The van der Waals surface area contributed by atoms with Crippen LogP contribution in [0.5, 0.6) is 0 Å². The van der Waals surface area contributed by atoms with E-state index in [1.54, 1.807) is 0 Å². The average Bonchev–Trinajstić information content (AvgIpc) is 2.16. The molecule has 14 heavy (non-hydrogen) atoms. The van der Waals surface area contributed by atoms with Gasteiger partial charge in [0.25, 0.3) is 0 Å². The number of aliphatic hydroxyl groups is 1. The maximum absolute atomic E-state index is 10.3. The zero-order chi connectivity index (χ0) is 10.6. The van der Waals surface area contributed by atoms with Crippen LogP contribution >= 0.6 is 27.7 Å². The highest BCUT2D eigenvalue weighted by Crippen LogP contribution is 2.21. The van der Waals surface area contributed by atoms with E-state index in [4.69, 9.17) is 10.2 Å². The van der Waals surface area contributed by atoms with E-state index in [2.05, 4.69) is 15.9 Å². The fourth-order valence-corrected chi connectivity index (χ4v) is 1.86. The molecule has 3 nitrogen and oxygen atoms in total. The van der Waals surface area contributed by atoms with Gasteiger partial charge in [0.2, 0.25) is 0 Å². The Morgan fingerprint density at radius 2 is 2.00 bits per heavy atom. The molecule has 0 aliphatic heterocycles. The van der Waals surface area contributed by atoms with Gasteiger partial charge in [-0.25, -0.2) is 4.79 Å². The zero-order valence-electron chi connectivity index (χ0n) is 7.18. The van der Waals surface area contributed by atoms with Gasteiger partial charge < -0.3 is 10.2 Å². The predicted octanol–water partition coefficient (Wildman–Crippen LogP) is 1.99. The molecule has 5 heteroatoms. The molecular weight excluding hydrogens is 268 g/mol. The number of benzene rings is 1. The van der Waals surface area contributed by atoms with Gasteiger partial charge in [0.15, 0.2) is 6.10 Å². The van der Waals surface area contributed by atoms with Crippen LogP contribution in [0.3, 0.4) is 0 Å². The van der Waals surface area contributed by atoms with E-state index >= 15 is 0 Å². The lowest BCUT2D eigenvalue weighted by molar-refractivity contribution is -0.145. The number of carbonyl (C=O) groups is 1. The van der Waals surface area contributed by atoms with Crippen LogP contribution in [0.4, 0.5) is 0 Å². The standard InChI is InChI=1S/C9H9BrO3S/c10-6-1-3-7(4-2-6)14-5-8(11)9(12)13/h1-4,8,11H,5H2,(H,12,13)/t8-/m1/s1. The lowest BCUT2D eigenvalue weighted by atomic mass is 10.4. The van der Waals surface area contributed by atoms with E-state index < -0.39 is 12.1 Å². The number of carboxylic acid groups (broad SMARTS) is 1. The van der Waals surface area contributed by atoms with Crippen molar-refractivity contribution in [1.82, 2.24) is 0 Å². The monoisotopic (exact) mass is 276 g/mol.